The lowest BCUT2D eigenvalue weighted by Crippen LogP contribution is -2.32. The fourth-order valence-corrected chi connectivity index (χ4v) is 2.70. The highest BCUT2D eigenvalue weighted by atomic mass is 16.6. The van der Waals surface area contributed by atoms with Gasteiger partial charge in [0.05, 0.1) is 5.56 Å². The van der Waals surface area contributed by atoms with Crippen LogP contribution in [0.5, 0.6) is 5.75 Å². The molecule has 2 aromatic rings. The second-order valence-corrected chi connectivity index (χ2v) is 6.76. The van der Waals surface area contributed by atoms with Gasteiger partial charge < -0.3 is 14.8 Å². The van der Waals surface area contributed by atoms with E-state index >= 15 is 0 Å². The maximum absolute atomic E-state index is 12.5. The van der Waals surface area contributed by atoms with Gasteiger partial charge in [-0.1, -0.05) is 44.2 Å². The van der Waals surface area contributed by atoms with Crippen LogP contribution in [0.25, 0.3) is 0 Å². The first-order chi connectivity index (χ1) is 13.3. The summed E-state index contributed by atoms with van der Waals surface area (Å²) in [6.45, 7) is 7.10. The van der Waals surface area contributed by atoms with Crippen molar-refractivity contribution in [3.63, 3.8) is 0 Å². The Kier molecular flexibility index (Phi) is 7.32. The zero-order chi connectivity index (χ0) is 20.7. The molecule has 1 N–H and O–H groups in total. The van der Waals surface area contributed by atoms with Crippen molar-refractivity contribution in [2.45, 2.75) is 39.7 Å². The molecule has 6 nitrogen and oxygen atoms in total. The Morgan fingerprint density at radius 1 is 1.07 bits per heavy atom. The Hall–Kier alpha value is -3.15. The fourth-order valence-electron chi connectivity index (χ4n) is 2.70. The summed E-state index contributed by atoms with van der Waals surface area (Å²) in [4.78, 5) is 35.5. The van der Waals surface area contributed by atoms with Gasteiger partial charge >= 0.3 is 5.97 Å². The monoisotopic (exact) mass is 383 g/mol. The molecule has 0 radical (unpaired) electrons. The highest BCUT2D eigenvalue weighted by molar-refractivity contribution is 5.96. The van der Waals surface area contributed by atoms with Gasteiger partial charge in [0.1, 0.15) is 5.75 Å². The summed E-state index contributed by atoms with van der Waals surface area (Å²) in [7, 11) is 0. The number of benzene rings is 2. The molecule has 0 aromatic heterocycles. The zero-order valence-corrected chi connectivity index (χ0v) is 16.5. The minimum absolute atomic E-state index is 0.236. The molecule has 0 fully saturated rings. The number of anilines is 1. The first-order valence-electron chi connectivity index (χ1n) is 9.10. The number of esters is 1. The van der Waals surface area contributed by atoms with E-state index in [9.17, 15) is 14.4 Å². The number of carbonyl (C=O) groups excluding carboxylic acids is 3. The lowest BCUT2D eigenvalue weighted by atomic mass is 9.98. The SMILES string of the molecule is Cc1cccc(C(C)C)c1NC(=O)[C@H](C)OC(=O)COc1ccccc1C=O. The van der Waals surface area contributed by atoms with E-state index in [-0.39, 0.29) is 11.7 Å². The van der Waals surface area contributed by atoms with Gasteiger partial charge in [0.15, 0.2) is 19.0 Å². The molecule has 0 unspecified atom stereocenters. The summed E-state index contributed by atoms with van der Waals surface area (Å²) < 4.78 is 10.5. The summed E-state index contributed by atoms with van der Waals surface area (Å²) >= 11 is 0. The molecule has 0 saturated heterocycles. The van der Waals surface area contributed by atoms with Crippen molar-refractivity contribution in [3.8, 4) is 5.75 Å². The first kappa shape index (κ1) is 21.2. The summed E-state index contributed by atoms with van der Waals surface area (Å²) in [6.07, 6.45) is -0.345. The van der Waals surface area contributed by atoms with Crippen LogP contribution in [0, 0.1) is 6.92 Å². The van der Waals surface area contributed by atoms with Crippen molar-refractivity contribution in [2.24, 2.45) is 0 Å². The molecule has 0 aliphatic heterocycles. The molecule has 0 saturated carbocycles. The molecule has 1 amide bonds. The number of hydrogen-bond acceptors (Lipinski definition) is 5. The van der Waals surface area contributed by atoms with Crippen molar-refractivity contribution < 1.29 is 23.9 Å². The average molecular weight is 383 g/mol. The number of ether oxygens (including phenoxy) is 2. The molecule has 0 bridgehead atoms. The van der Waals surface area contributed by atoms with Gasteiger partial charge in [0, 0.05) is 5.69 Å². The maximum atomic E-state index is 12.5. The van der Waals surface area contributed by atoms with Crippen LogP contribution >= 0.6 is 0 Å². The van der Waals surface area contributed by atoms with E-state index < -0.39 is 24.6 Å². The highest BCUT2D eigenvalue weighted by Gasteiger charge is 2.21. The zero-order valence-electron chi connectivity index (χ0n) is 16.5. The van der Waals surface area contributed by atoms with E-state index in [4.69, 9.17) is 9.47 Å². The van der Waals surface area contributed by atoms with Gasteiger partial charge in [0.25, 0.3) is 5.91 Å². The van der Waals surface area contributed by atoms with Crippen LogP contribution in [0.15, 0.2) is 42.5 Å². The van der Waals surface area contributed by atoms with Crippen LogP contribution in [-0.2, 0) is 14.3 Å². The Labute approximate surface area is 164 Å². The average Bonchev–Trinajstić information content (AvgIpc) is 2.67. The number of hydrogen-bond donors (Lipinski definition) is 1. The van der Waals surface area contributed by atoms with Crippen molar-refractivity contribution in [1.82, 2.24) is 0 Å². The normalized spacial score (nSPS) is 11.6. The number of aldehydes is 1. The third kappa shape index (κ3) is 5.42. The van der Waals surface area contributed by atoms with Gasteiger partial charge in [-0.15, -0.1) is 0 Å². The van der Waals surface area contributed by atoms with Crippen molar-refractivity contribution in [2.75, 3.05) is 11.9 Å². The lowest BCUT2D eigenvalue weighted by Gasteiger charge is -2.19. The first-order valence-corrected chi connectivity index (χ1v) is 9.10. The van der Waals surface area contributed by atoms with E-state index in [1.54, 1.807) is 24.3 Å². The van der Waals surface area contributed by atoms with E-state index in [1.165, 1.54) is 6.92 Å². The molecule has 0 aliphatic rings. The standard InChI is InChI=1S/C22H25NO5/c1-14(2)18-10-7-8-15(3)21(18)23-22(26)16(4)28-20(25)13-27-19-11-6-5-9-17(19)12-24/h5-12,14,16H,13H2,1-4H3,(H,23,26)/t16-/m0/s1. The van der Waals surface area contributed by atoms with Crippen LogP contribution in [0.2, 0.25) is 0 Å². The number of para-hydroxylation sites is 2. The van der Waals surface area contributed by atoms with Crippen molar-refractivity contribution in [3.05, 3.63) is 59.2 Å². The Bertz CT molecular complexity index is 860. The number of carbonyl (C=O) groups is 3. The summed E-state index contributed by atoms with van der Waals surface area (Å²) in [5, 5.41) is 2.85. The van der Waals surface area contributed by atoms with Crippen LogP contribution in [-0.4, -0.2) is 30.9 Å². The van der Waals surface area contributed by atoms with E-state index in [0.29, 0.717) is 11.8 Å². The second kappa shape index (κ2) is 9.69. The van der Waals surface area contributed by atoms with Gasteiger partial charge in [-0.2, -0.15) is 0 Å². The molecule has 0 heterocycles. The maximum Gasteiger partial charge on any atom is 0.344 e. The predicted octanol–water partition coefficient (Wildman–Crippen LogP) is 3.88. The van der Waals surface area contributed by atoms with Crippen LogP contribution in [0.4, 0.5) is 5.69 Å². The summed E-state index contributed by atoms with van der Waals surface area (Å²) in [6, 6.07) is 12.4. The molecule has 2 rings (SSSR count). The number of aryl methyl sites for hydroxylation is 1. The summed E-state index contributed by atoms with van der Waals surface area (Å²) in [5.41, 5.74) is 3.02. The molecule has 0 spiro atoms. The smallest absolute Gasteiger partial charge is 0.344 e. The topological polar surface area (TPSA) is 81.7 Å². The van der Waals surface area contributed by atoms with Crippen molar-refractivity contribution >= 4 is 23.9 Å². The second-order valence-electron chi connectivity index (χ2n) is 6.76. The van der Waals surface area contributed by atoms with Crippen LogP contribution < -0.4 is 10.1 Å². The van der Waals surface area contributed by atoms with Crippen molar-refractivity contribution in [1.29, 1.82) is 0 Å². The Morgan fingerprint density at radius 2 is 1.79 bits per heavy atom. The van der Waals surface area contributed by atoms with Gasteiger partial charge in [0.2, 0.25) is 0 Å². The van der Waals surface area contributed by atoms with E-state index in [1.807, 2.05) is 39.0 Å². The quantitative estimate of drug-likeness (QED) is 0.553. The molecule has 6 heteroatoms. The van der Waals surface area contributed by atoms with Crippen LogP contribution in [0.3, 0.4) is 0 Å². The summed E-state index contributed by atoms with van der Waals surface area (Å²) in [5.74, 6) is -0.595. The predicted molar refractivity (Wildman–Crippen MR) is 107 cm³/mol. The highest BCUT2D eigenvalue weighted by Crippen LogP contribution is 2.27. The Balaban J connectivity index is 1.95. The van der Waals surface area contributed by atoms with Gasteiger partial charge in [-0.3, -0.25) is 9.59 Å². The fraction of sp³-hybridized carbons (Fsp3) is 0.318. The molecule has 28 heavy (non-hydrogen) atoms. The molecule has 1 atom stereocenters. The minimum Gasteiger partial charge on any atom is -0.481 e. The third-order valence-corrected chi connectivity index (χ3v) is 4.24. The van der Waals surface area contributed by atoms with Gasteiger partial charge in [-0.05, 0) is 43.0 Å². The molecule has 2 aromatic carbocycles. The van der Waals surface area contributed by atoms with Gasteiger partial charge in [-0.25, -0.2) is 4.79 Å². The molecule has 148 valence electrons. The largest absolute Gasteiger partial charge is 0.481 e. The van der Waals surface area contributed by atoms with Crippen LogP contribution in [0.1, 0.15) is 48.2 Å². The molecular weight excluding hydrogens is 358 g/mol. The Morgan fingerprint density at radius 3 is 2.46 bits per heavy atom. The lowest BCUT2D eigenvalue weighted by molar-refractivity contribution is -0.155. The number of rotatable bonds is 8. The third-order valence-electron chi connectivity index (χ3n) is 4.24. The molecule has 0 aliphatic carbocycles. The molecular formula is C22H25NO5. The van der Waals surface area contributed by atoms with E-state index in [2.05, 4.69) is 5.32 Å². The number of amides is 1. The number of nitrogens with one attached hydrogen (secondary N) is 1. The minimum atomic E-state index is -0.989. The van der Waals surface area contributed by atoms with E-state index in [0.717, 1.165) is 16.8 Å².